The Balaban J connectivity index is 1.44. The summed E-state index contributed by atoms with van der Waals surface area (Å²) in [7, 11) is 0. The second-order valence-electron chi connectivity index (χ2n) is 6.15. The molecule has 0 spiro atoms. The Kier molecular flexibility index (Phi) is 4.87. The van der Waals surface area contributed by atoms with Gasteiger partial charge in [-0.05, 0) is 18.9 Å². The maximum atomic E-state index is 13.2. The molecule has 1 aliphatic heterocycles. The van der Waals surface area contributed by atoms with E-state index in [0.717, 1.165) is 44.7 Å². The summed E-state index contributed by atoms with van der Waals surface area (Å²) in [6.07, 6.45) is 6.19. The number of halogens is 1. The number of piperazine rings is 1. The number of anilines is 1. The van der Waals surface area contributed by atoms with Crippen LogP contribution in [-0.2, 0) is 4.79 Å². The molecule has 1 aromatic heterocycles. The summed E-state index contributed by atoms with van der Waals surface area (Å²) in [4.78, 5) is 19.9. The average molecular weight is 306 g/mol. The lowest BCUT2D eigenvalue weighted by Gasteiger charge is -2.35. The fourth-order valence-electron chi connectivity index (χ4n) is 3.30. The highest BCUT2D eigenvalue weighted by Gasteiger charge is 2.22. The summed E-state index contributed by atoms with van der Waals surface area (Å²) >= 11 is 0. The zero-order valence-electron chi connectivity index (χ0n) is 12.8. The van der Waals surface area contributed by atoms with Gasteiger partial charge < -0.3 is 10.2 Å². The van der Waals surface area contributed by atoms with Gasteiger partial charge in [-0.15, -0.1) is 0 Å². The van der Waals surface area contributed by atoms with Crippen LogP contribution in [0.25, 0.3) is 0 Å². The molecule has 0 unspecified atom stereocenters. The first-order chi connectivity index (χ1) is 10.7. The smallest absolute Gasteiger partial charge is 0.234 e. The zero-order valence-corrected chi connectivity index (χ0v) is 12.8. The van der Waals surface area contributed by atoms with E-state index in [2.05, 4.69) is 20.1 Å². The maximum Gasteiger partial charge on any atom is 0.234 e. The van der Waals surface area contributed by atoms with Crippen LogP contribution in [0.1, 0.15) is 25.7 Å². The molecule has 120 valence electrons. The lowest BCUT2D eigenvalue weighted by atomic mass is 10.2. The van der Waals surface area contributed by atoms with E-state index >= 15 is 0 Å². The lowest BCUT2D eigenvalue weighted by Crippen LogP contribution is -2.50. The van der Waals surface area contributed by atoms with E-state index in [0.29, 0.717) is 12.6 Å². The van der Waals surface area contributed by atoms with Crippen molar-refractivity contribution in [2.75, 3.05) is 37.6 Å². The third-order valence-electron chi connectivity index (χ3n) is 4.54. The number of carbonyl (C=O) groups excluding carboxylic acids is 1. The summed E-state index contributed by atoms with van der Waals surface area (Å²) in [6.45, 7) is 3.72. The Morgan fingerprint density at radius 1 is 1.27 bits per heavy atom. The highest BCUT2D eigenvalue weighted by molar-refractivity contribution is 5.78. The van der Waals surface area contributed by atoms with Crippen molar-refractivity contribution in [3.63, 3.8) is 0 Å². The van der Waals surface area contributed by atoms with Gasteiger partial charge in [-0.3, -0.25) is 9.69 Å². The summed E-state index contributed by atoms with van der Waals surface area (Å²) in [5.74, 6) is -0.314. The normalized spacial score (nSPS) is 20.3. The monoisotopic (exact) mass is 306 g/mol. The zero-order chi connectivity index (χ0) is 15.4. The molecule has 0 radical (unpaired) electrons. The fourth-order valence-corrected chi connectivity index (χ4v) is 3.30. The van der Waals surface area contributed by atoms with Crippen LogP contribution in [0.3, 0.4) is 0 Å². The highest BCUT2D eigenvalue weighted by atomic mass is 19.1. The van der Waals surface area contributed by atoms with E-state index in [4.69, 9.17) is 0 Å². The Hall–Kier alpha value is -1.69. The van der Waals surface area contributed by atoms with Crippen LogP contribution < -0.4 is 10.2 Å². The van der Waals surface area contributed by atoms with Gasteiger partial charge in [0.05, 0.1) is 6.54 Å². The van der Waals surface area contributed by atoms with Crippen LogP contribution in [-0.4, -0.2) is 54.6 Å². The molecular formula is C16H23FN4O. The van der Waals surface area contributed by atoms with Gasteiger partial charge in [-0.25, -0.2) is 4.98 Å². The molecule has 0 aromatic carbocycles. The van der Waals surface area contributed by atoms with Crippen LogP contribution in [0.15, 0.2) is 18.3 Å². The Morgan fingerprint density at radius 3 is 2.68 bits per heavy atom. The van der Waals surface area contributed by atoms with Crippen molar-refractivity contribution in [3.05, 3.63) is 24.3 Å². The first-order valence-corrected chi connectivity index (χ1v) is 8.09. The second kappa shape index (κ2) is 7.05. The van der Waals surface area contributed by atoms with Gasteiger partial charge in [0.25, 0.3) is 0 Å². The number of aromatic nitrogens is 1. The molecule has 0 atom stereocenters. The molecule has 1 N–H and O–H groups in total. The molecule has 3 rings (SSSR count). The Morgan fingerprint density at radius 2 is 2.00 bits per heavy atom. The number of hydrogen-bond acceptors (Lipinski definition) is 4. The van der Waals surface area contributed by atoms with Crippen LogP contribution in [0, 0.1) is 5.95 Å². The van der Waals surface area contributed by atoms with Crippen molar-refractivity contribution in [3.8, 4) is 0 Å². The van der Waals surface area contributed by atoms with Crippen molar-refractivity contribution in [2.45, 2.75) is 31.7 Å². The minimum atomic E-state index is -0.448. The van der Waals surface area contributed by atoms with Gasteiger partial charge in [-0.1, -0.05) is 12.8 Å². The molecule has 1 amide bonds. The van der Waals surface area contributed by atoms with Crippen molar-refractivity contribution >= 4 is 11.6 Å². The second-order valence-corrected chi connectivity index (χ2v) is 6.15. The van der Waals surface area contributed by atoms with Gasteiger partial charge in [0.2, 0.25) is 11.9 Å². The number of carbonyl (C=O) groups is 1. The molecule has 1 saturated heterocycles. The van der Waals surface area contributed by atoms with E-state index in [1.54, 1.807) is 0 Å². The maximum absolute atomic E-state index is 13.2. The van der Waals surface area contributed by atoms with E-state index < -0.39 is 5.95 Å². The minimum Gasteiger partial charge on any atom is -0.369 e. The fraction of sp³-hybridized carbons (Fsp3) is 0.625. The van der Waals surface area contributed by atoms with Gasteiger partial charge in [0, 0.05) is 50.2 Å². The van der Waals surface area contributed by atoms with Crippen LogP contribution in [0.4, 0.5) is 10.1 Å². The van der Waals surface area contributed by atoms with Crippen molar-refractivity contribution in [1.29, 1.82) is 0 Å². The molecule has 5 nitrogen and oxygen atoms in total. The molecule has 22 heavy (non-hydrogen) atoms. The number of amides is 1. The van der Waals surface area contributed by atoms with Gasteiger partial charge in [-0.2, -0.15) is 4.39 Å². The van der Waals surface area contributed by atoms with Gasteiger partial charge in [0.15, 0.2) is 0 Å². The molecule has 1 aromatic rings. The van der Waals surface area contributed by atoms with Crippen molar-refractivity contribution in [1.82, 2.24) is 15.2 Å². The largest absolute Gasteiger partial charge is 0.369 e. The molecule has 2 fully saturated rings. The quantitative estimate of drug-likeness (QED) is 0.854. The number of nitrogens with one attached hydrogen (secondary N) is 1. The number of pyridine rings is 1. The van der Waals surface area contributed by atoms with Crippen molar-refractivity contribution in [2.24, 2.45) is 0 Å². The standard InChI is InChI=1S/C16H23FN4O/c17-15-11-14(5-6-18-15)21-9-7-20(8-10-21)12-16(22)19-13-3-1-2-4-13/h5-6,11,13H,1-4,7-10,12H2,(H,19,22). The Labute approximate surface area is 130 Å². The van der Waals surface area contributed by atoms with Crippen LogP contribution in [0.5, 0.6) is 0 Å². The molecule has 2 heterocycles. The average Bonchev–Trinajstić information content (AvgIpc) is 3.01. The summed E-state index contributed by atoms with van der Waals surface area (Å²) in [5.41, 5.74) is 0.863. The Bertz CT molecular complexity index is 511. The molecule has 1 aliphatic carbocycles. The van der Waals surface area contributed by atoms with E-state index in [1.165, 1.54) is 25.1 Å². The lowest BCUT2D eigenvalue weighted by molar-refractivity contribution is -0.123. The first-order valence-electron chi connectivity index (χ1n) is 8.09. The van der Waals surface area contributed by atoms with Crippen LogP contribution >= 0.6 is 0 Å². The predicted octanol–water partition coefficient (Wildman–Crippen LogP) is 1.40. The molecule has 2 aliphatic rings. The SMILES string of the molecule is O=C(CN1CCN(c2ccnc(F)c2)CC1)NC1CCCC1. The molecule has 0 bridgehead atoms. The number of rotatable bonds is 4. The van der Waals surface area contributed by atoms with E-state index in [9.17, 15) is 9.18 Å². The molecule has 1 saturated carbocycles. The third-order valence-corrected chi connectivity index (χ3v) is 4.54. The van der Waals surface area contributed by atoms with Gasteiger partial charge in [0.1, 0.15) is 0 Å². The third kappa shape index (κ3) is 3.94. The van der Waals surface area contributed by atoms with E-state index in [1.807, 2.05) is 6.07 Å². The van der Waals surface area contributed by atoms with E-state index in [-0.39, 0.29) is 5.91 Å². The highest BCUT2D eigenvalue weighted by Crippen LogP contribution is 2.18. The topological polar surface area (TPSA) is 48.5 Å². The summed E-state index contributed by atoms with van der Waals surface area (Å²) < 4.78 is 13.2. The van der Waals surface area contributed by atoms with Crippen molar-refractivity contribution < 1.29 is 9.18 Å². The van der Waals surface area contributed by atoms with Gasteiger partial charge >= 0.3 is 0 Å². The minimum absolute atomic E-state index is 0.135. The summed E-state index contributed by atoms with van der Waals surface area (Å²) in [6, 6.07) is 3.67. The predicted molar refractivity (Wildman–Crippen MR) is 83.2 cm³/mol. The van der Waals surface area contributed by atoms with Crippen LogP contribution in [0.2, 0.25) is 0 Å². The molecule has 6 heteroatoms. The number of hydrogen-bond donors (Lipinski definition) is 1. The first kappa shape index (κ1) is 15.2. The molecular weight excluding hydrogens is 283 g/mol. The summed E-state index contributed by atoms with van der Waals surface area (Å²) in [5, 5.41) is 3.12. The number of nitrogens with zero attached hydrogens (tertiary/aromatic N) is 3.